The molecule has 0 atom stereocenters. The number of rotatable bonds is 8. The zero-order valence-electron chi connectivity index (χ0n) is 16.8. The van der Waals surface area contributed by atoms with Crippen molar-refractivity contribution in [2.45, 2.75) is 45.3 Å². The third-order valence-electron chi connectivity index (χ3n) is 5.00. The maximum absolute atomic E-state index is 12.3. The van der Waals surface area contributed by atoms with Crippen molar-refractivity contribution >= 4 is 5.97 Å². The van der Waals surface area contributed by atoms with Crippen LogP contribution >= 0.6 is 0 Å². The van der Waals surface area contributed by atoms with E-state index in [1.807, 2.05) is 18.2 Å². The normalized spacial score (nSPS) is 18.8. The SMILES string of the molecule is CCCCCCc1ccc(C2OCC(C(=O)Oc3ccc(C#N)cc3)CO2)cc1. The smallest absolute Gasteiger partial charge is 0.319 e. The number of carbonyl (C=O) groups is 1. The number of hydrogen-bond acceptors (Lipinski definition) is 5. The Balaban J connectivity index is 1.45. The summed E-state index contributed by atoms with van der Waals surface area (Å²) in [4.78, 5) is 12.3. The fraction of sp³-hybridized carbons (Fsp3) is 0.417. The number of ether oxygens (including phenoxy) is 3. The fourth-order valence-electron chi connectivity index (χ4n) is 3.23. The lowest BCUT2D eigenvalue weighted by Gasteiger charge is -2.28. The lowest BCUT2D eigenvalue weighted by atomic mass is 10.0. The number of esters is 1. The lowest BCUT2D eigenvalue weighted by Crippen LogP contribution is -2.35. The van der Waals surface area contributed by atoms with Crippen LogP contribution in [0.25, 0.3) is 0 Å². The monoisotopic (exact) mass is 393 g/mol. The Morgan fingerprint density at radius 3 is 2.34 bits per heavy atom. The molecular weight excluding hydrogens is 366 g/mol. The number of nitriles is 1. The molecule has 29 heavy (non-hydrogen) atoms. The van der Waals surface area contributed by atoms with Crippen molar-refractivity contribution < 1.29 is 19.0 Å². The molecule has 0 unspecified atom stereocenters. The van der Waals surface area contributed by atoms with E-state index < -0.39 is 18.2 Å². The highest BCUT2D eigenvalue weighted by Gasteiger charge is 2.30. The van der Waals surface area contributed by atoms with Gasteiger partial charge in [-0.1, -0.05) is 50.5 Å². The number of hydrogen-bond donors (Lipinski definition) is 0. The van der Waals surface area contributed by atoms with Gasteiger partial charge in [0.15, 0.2) is 6.29 Å². The van der Waals surface area contributed by atoms with E-state index in [0.29, 0.717) is 11.3 Å². The van der Waals surface area contributed by atoms with Crippen molar-refractivity contribution in [3.05, 3.63) is 65.2 Å². The highest BCUT2D eigenvalue weighted by Crippen LogP contribution is 2.26. The van der Waals surface area contributed by atoms with Crippen LogP contribution in [0.5, 0.6) is 5.75 Å². The third kappa shape index (κ3) is 6.15. The van der Waals surface area contributed by atoms with E-state index >= 15 is 0 Å². The molecule has 1 heterocycles. The van der Waals surface area contributed by atoms with Gasteiger partial charge in [0.25, 0.3) is 0 Å². The summed E-state index contributed by atoms with van der Waals surface area (Å²) >= 11 is 0. The molecule has 1 aliphatic rings. The van der Waals surface area contributed by atoms with Crippen LogP contribution in [0, 0.1) is 17.2 Å². The van der Waals surface area contributed by atoms with Gasteiger partial charge < -0.3 is 14.2 Å². The fourth-order valence-corrected chi connectivity index (χ4v) is 3.23. The van der Waals surface area contributed by atoms with Gasteiger partial charge in [0.2, 0.25) is 0 Å². The van der Waals surface area contributed by atoms with Gasteiger partial charge in [0.05, 0.1) is 24.8 Å². The third-order valence-corrected chi connectivity index (χ3v) is 5.00. The van der Waals surface area contributed by atoms with Crippen LogP contribution in [0.1, 0.15) is 55.6 Å². The maximum atomic E-state index is 12.3. The van der Waals surface area contributed by atoms with Gasteiger partial charge in [-0.15, -0.1) is 0 Å². The molecule has 5 nitrogen and oxygen atoms in total. The van der Waals surface area contributed by atoms with Gasteiger partial charge in [-0.2, -0.15) is 5.26 Å². The summed E-state index contributed by atoms with van der Waals surface area (Å²) in [6, 6.07) is 16.8. The highest BCUT2D eigenvalue weighted by molar-refractivity contribution is 5.75. The van der Waals surface area contributed by atoms with Crippen LogP contribution in [0.15, 0.2) is 48.5 Å². The summed E-state index contributed by atoms with van der Waals surface area (Å²) in [5.74, 6) is -0.457. The van der Waals surface area contributed by atoms with E-state index in [1.54, 1.807) is 24.3 Å². The molecule has 0 aliphatic carbocycles. The minimum atomic E-state index is -0.472. The lowest BCUT2D eigenvalue weighted by molar-refractivity contribution is -0.210. The van der Waals surface area contributed by atoms with Crippen LogP contribution in [0.3, 0.4) is 0 Å². The number of aryl methyl sites for hydroxylation is 1. The minimum absolute atomic E-state index is 0.249. The summed E-state index contributed by atoms with van der Waals surface area (Å²) in [7, 11) is 0. The summed E-state index contributed by atoms with van der Waals surface area (Å²) in [6.07, 6.45) is 5.66. The maximum Gasteiger partial charge on any atom is 0.319 e. The van der Waals surface area contributed by atoms with E-state index in [9.17, 15) is 4.79 Å². The van der Waals surface area contributed by atoms with E-state index in [2.05, 4.69) is 19.1 Å². The Kier molecular flexibility index (Phi) is 7.80. The van der Waals surface area contributed by atoms with Crippen LogP contribution in [0.2, 0.25) is 0 Å². The predicted molar refractivity (Wildman–Crippen MR) is 109 cm³/mol. The van der Waals surface area contributed by atoms with Crippen molar-refractivity contribution in [1.29, 1.82) is 5.26 Å². The number of nitrogens with zero attached hydrogens (tertiary/aromatic N) is 1. The van der Waals surface area contributed by atoms with Crippen LogP contribution in [0.4, 0.5) is 0 Å². The summed E-state index contributed by atoms with van der Waals surface area (Å²) in [6.45, 7) is 2.72. The minimum Gasteiger partial charge on any atom is -0.426 e. The molecule has 0 saturated carbocycles. The first-order valence-electron chi connectivity index (χ1n) is 10.2. The Hall–Kier alpha value is -2.68. The number of unbranched alkanes of at least 4 members (excludes halogenated alkanes) is 3. The Labute approximate surface area is 172 Å². The molecule has 0 bridgehead atoms. The Bertz CT molecular complexity index is 815. The van der Waals surface area contributed by atoms with Gasteiger partial charge in [0.1, 0.15) is 11.7 Å². The van der Waals surface area contributed by atoms with E-state index in [0.717, 1.165) is 12.0 Å². The molecular formula is C24H27NO4. The molecule has 1 aliphatic heterocycles. The van der Waals surface area contributed by atoms with Crippen molar-refractivity contribution in [1.82, 2.24) is 0 Å². The zero-order valence-corrected chi connectivity index (χ0v) is 16.8. The van der Waals surface area contributed by atoms with E-state index in [4.69, 9.17) is 19.5 Å². The molecule has 2 aromatic rings. The second-order valence-corrected chi connectivity index (χ2v) is 7.31. The highest BCUT2D eigenvalue weighted by atomic mass is 16.7. The second kappa shape index (κ2) is 10.8. The number of carbonyl (C=O) groups excluding carboxylic acids is 1. The van der Waals surface area contributed by atoms with Crippen molar-refractivity contribution in [3.63, 3.8) is 0 Å². The largest absolute Gasteiger partial charge is 0.426 e. The van der Waals surface area contributed by atoms with Crippen molar-refractivity contribution in [2.24, 2.45) is 5.92 Å². The van der Waals surface area contributed by atoms with E-state index in [-0.39, 0.29) is 13.2 Å². The quantitative estimate of drug-likeness (QED) is 0.361. The molecule has 152 valence electrons. The van der Waals surface area contributed by atoms with Gasteiger partial charge in [-0.25, -0.2) is 0 Å². The molecule has 0 amide bonds. The van der Waals surface area contributed by atoms with Crippen molar-refractivity contribution in [2.75, 3.05) is 13.2 Å². The first-order chi connectivity index (χ1) is 14.2. The van der Waals surface area contributed by atoms with Gasteiger partial charge in [0, 0.05) is 5.56 Å². The summed E-state index contributed by atoms with van der Waals surface area (Å²) in [5.41, 5.74) is 2.80. The Morgan fingerprint density at radius 2 is 1.72 bits per heavy atom. The van der Waals surface area contributed by atoms with E-state index in [1.165, 1.54) is 31.2 Å². The standard InChI is InChI=1S/C24H27NO4/c1-2-3-4-5-6-18-7-11-20(12-8-18)24-27-16-21(17-28-24)23(26)29-22-13-9-19(15-25)10-14-22/h7-14,21,24H,2-6,16-17H2,1H3. The summed E-state index contributed by atoms with van der Waals surface area (Å²) < 4.78 is 16.9. The summed E-state index contributed by atoms with van der Waals surface area (Å²) in [5, 5.41) is 8.82. The molecule has 1 fully saturated rings. The molecule has 0 aromatic heterocycles. The molecule has 0 N–H and O–H groups in total. The molecule has 2 aromatic carbocycles. The predicted octanol–water partition coefficient (Wildman–Crippen LogP) is 4.95. The van der Waals surface area contributed by atoms with Crippen LogP contribution < -0.4 is 4.74 Å². The van der Waals surface area contributed by atoms with Gasteiger partial charge >= 0.3 is 5.97 Å². The first-order valence-corrected chi connectivity index (χ1v) is 10.2. The van der Waals surface area contributed by atoms with Gasteiger partial charge in [-0.3, -0.25) is 4.79 Å². The topological polar surface area (TPSA) is 68.5 Å². The van der Waals surface area contributed by atoms with Crippen LogP contribution in [-0.4, -0.2) is 19.2 Å². The molecule has 1 saturated heterocycles. The number of benzene rings is 2. The molecule has 3 rings (SSSR count). The first kappa shape index (κ1) is 21.0. The van der Waals surface area contributed by atoms with Crippen LogP contribution in [-0.2, 0) is 20.7 Å². The second-order valence-electron chi connectivity index (χ2n) is 7.31. The average molecular weight is 393 g/mol. The molecule has 0 spiro atoms. The average Bonchev–Trinajstić information content (AvgIpc) is 2.78. The zero-order chi connectivity index (χ0) is 20.5. The van der Waals surface area contributed by atoms with Gasteiger partial charge in [-0.05, 0) is 42.7 Å². The molecule has 0 radical (unpaired) electrons. The van der Waals surface area contributed by atoms with Crippen molar-refractivity contribution in [3.8, 4) is 11.8 Å². The molecule has 5 heteroatoms. The Morgan fingerprint density at radius 1 is 1.03 bits per heavy atom.